The number of nitrogens with zero attached hydrogens (tertiary/aromatic N) is 3. The van der Waals surface area contributed by atoms with E-state index >= 15 is 0 Å². The van der Waals surface area contributed by atoms with Crippen LogP contribution in [0.1, 0.15) is 16.7 Å². The van der Waals surface area contributed by atoms with Crippen LogP contribution in [0.25, 0.3) is 33.2 Å². The molecule has 2 aromatic carbocycles. The van der Waals surface area contributed by atoms with Gasteiger partial charge in [-0.15, -0.1) is 0 Å². The number of rotatable bonds is 2. The van der Waals surface area contributed by atoms with Gasteiger partial charge in [0.25, 0.3) is 11.1 Å². The lowest BCUT2D eigenvalue weighted by Crippen LogP contribution is -2.21. The predicted molar refractivity (Wildman–Crippen MR) is 125 cm³/mol. The second kappa shape index (κ2) is 7.06. The highest BCUT2D eigenvalue weighted by molar-refractivity contribution is 5.92. The lowest BCUT2D eigenvalue weighted by Gasteiger charge is -2.12. The summed E-state index contributed by atoms with van der Waals surface area (Å²) < 4.78 is 3.23. The van der Waals surface area contributed by atoms with E-state index in [-0.39, 0.29) is 11.1 Å². The van der Waals surface area contributed by atoms with E-state index in [1.54, 1.807) is 27.6 Å². The third kappa shape index (κ3) is 3.06. The summed E-state index contributed by atoms with van der Waals surface area (Å²) in [5.41, 5.74) is 5.49. The number of pyridine rings is 3. The maximum Gasteiger partial charge on any atom is 0.264 e. The second-order valence-electron chi connectivity index (χ2n) is 7.91. The SMILES string of the molecule is Cc1ccc(C)c(-n2ccc3nc4ccn(-c5ccccc5C)c(=O)c4cc3c2=O)c1. The molecule has 0 atom stereocenters. The Kier molecular flexibility index (Phi) is 4.33. The fourth-order valence-corrected chi connectivity index (χ4v) is 4.02. The molecule has 3 heterocycles. The summed E-state index contributed by atoms with van der Waals surface area (Å²) in [5, 5.41) is 0.851. The van der Waals surface area contributed by atoms with E-state index in [1.807, 2.05) is 75.4 Å². The first-order valence-electron chi connectivity index (χ1n) is 10.2. The maximum absolute atomic E-state index is 13.4. The summed E-state index contributed by atoms with van der Waals surface area (Å²) in [7, 11) is 0. The fraction of sp³-hybridized carbons (Fsp3) is 0.115. The van der Waals surface area contributed by atoms with Crippen molar-refractivity contribution in [1.82, 2.24) is 14.1 Å². The molecule has 0 saturated carbocycles. The van der Waals surface area contributed by atoms with Gasteiger partial charge in [-0.25, -0.2) is 4.98 Å². The smallest absolute Gasteiger partial charge is 0.264 e. The predicted octanol–water partition coefficient (Wildman–Crippen LogP) is 4.62. The average molecular weight is 407 g/mol. The number of aromatic nitrogens is 3. The summed E-state index contributed by atoms with van der Waals surface area (Å²) >= 11 is 0. The van der Waals surface area contributed by atoms with Crippen LogP contribution in [0.4, 0.5) is 0 Å². The van der Waals surface area contributed by atoms with Gasteiger partial charge in [-0.1, -0.05) is 30.3 Å². The Labute approximate surface area is 178 Å². The second-order valence-corrected chi connectivity index (χ2v) is 7.91. The molecule has 0 bridgehead atoms. The van der Waals surface area contributed by atoms with Crippen LogP contribution in [0, 0.1) is 20.8 Å². The molecule has 5 rings (SSSR count). The van der Waals surface area contributed by atoms with E-state index in [4.69, 9.17) is 0 Å². The molecule has 152 valence electrons. The molecule has 5 aromatic rings. The Morgan fingerprint density at radius 2 is 1.23 bits per heavy atom. The first-order valence-corrected chi connectivity index (χ1v) is 10.2. The van der Waals surface area contributed by atoms with Crippen LogP contribution >= 0.6 is 0 Å². The van der Waals surface area contributed by atoms with Crippen molar-refractivity contribution in [2.24, 2.45) is 0 Å². The van der Waals surface area contributed by atoms with Crippen molar-refractivity contribution in [3.05, 3.63) is 110 Å². The van der Waals surface area contributed by atoms with Crippen LogP contribution in [-0.2, 0) is 0 Å². The number of fused-ring (bicyclic) bond motifs is 2. The van der Waals surface area contributed by atoms with Crippen molar-refractivity contribution in [1.29, 1.82) is 0 Å². The number of aryl methyl sites for hydroxylation is 3. The molecule has 0 saturated heterocycles. The summed E-state index contributed by atoms with van der Waals surface area (Å²) in [6.07, 6.45) is 3.49. The minimum Gasteiger partial charge on any atom is -0.283 e. The first kappa shape index (κ1) is 19.0. The number of benzene rings is 2. The van der Waals surface area contributed by atoms with Crippen molar-refractivity contribution < 1.29 is 0 Å². The summed E-state index contributed by atoms with van der Waals surface area (Å²) in [6.45, 7) is 5.94. The lowest BCUT2D eigenvalue weighted by atomic mass is 10.1. The molecule has 0 N–H and O–H groups in total. The third-order valence-electron chi connectivity index (χ3n) is 5.74. The lowest BCUT2D eigenvalue weighted by molar-refractivity contribution is 0.985. The van der Waals surface area contributed by atoms with Gasteiger partial charge in [0.1, 0.15) is 0 Å². The maximum atomic E-state index is 13.4. The first-order chi connectivity index (χ1) is 14.9. The van der Waals surface area contributed by atoms with E-state index < -0.39 is 0 Å². The normalized spacial score (nSPS) is 11.3. The molecule has 3 aromatic heterocycles. The molecule has 31 heavy (non-hydrogen) atoms. The van der Waals surface area contributed by atoms with Gasteiger partial charge in [-0.3, -0.25) is 18.7 Å². The largest absolute Gasteiger partial charge is 0.283 e. The van der Waals surface area contributed by atoms with Crippen LogP contribution in [0.2, 0.25) is 0 Å². The van der Waals surface area contributed by atoms with Gasteiger partial charge in [0.05, 0.1) is 33.2 Å². The van der Waals surface area contributed by atoms with Crippen LogP contribution in [0.5, 0.6) is 0 Å². The van der Waals surface area contributed by atoms with Gasteiger partial charge >= 0.3 is 0 Å². The Balaban J connectivity index is 1.80. The van der Waals surface area contributed by atoms with Crippen molar-refractivity contribution in [2.75, 3.05) is 0 Å². The van der Waals surface area contributed by atoms with Crippen molar-refractivity contribution >= 4 is 21.8 Å². The zero-order chi connectivity index (χ0) is 21.7. The minimum absolute atomic E-state index is 0.189. The Bertz CT molecular complexity index is 1610. The van der Waals surface area contributed by atoms with Gasteiger partial charge in [0.15, 0.2) is 0 Å². The minimum atomic E-state index is -0.192. The Morgan fingerprint density at radius 1 is 0.645 bits per heavy atom. The van der Waals surface area contributed by atoms with E-state index in [0.717, 1.165) is 28.1 Å². The summed E-state index contributed by atoms with van der Waals surface area (Å²) in [6, 6.07) is 19.0. The zero-order valence-corrected chi connectivity index (χ0v) is 17.6. The highest BCUT2D eigenvalue weighted by Gasteiger charge is 2.13. The number of para-hydroxylation sites is 1. The van der Waals surface area contributed by atoms with E-state index in [1.165, 1.54) is 0 Å². The van der Waals surface area contributed by atoms with Crippen molar-refractivity contribution in [2.45, 2.75) is 20.8 Å². The zero-order valence-electron chi connectivity index (χ0n) is 17.6. The Hall–Kier alpha value is -3.99. The fourth-order valence-electron chi connectivity index (χ4n) is 4.02. The van der Waals surface area contributed by atoms with Gasteiger partial charge in [-0.05, 0) is 67.8 Å². The van der Waals surface area contributed by atoms with Gasteiger partial charge in [0, 0.05) is 12.4 Å². The number of hydrogen-bond donors (Lipinski definition) is 0. The molecule has 0 fully saturated rings. The molecule has 0 aliphatic rings. The molecule has 0 unspecified atom stereocenters. The van der Waals surface area contributed by atoms with E-state index in [2.05, 4.69) is 4.98 Å². The molecule has 5 nitrogen and oxygen atoms in total. The molecule has 0 aliphatic carbocycles. The average Bonchev–Trinajstić information content (AvgIpc) is 2.76. The molecule has 0 radical (unpaired) electrons. The van der Waals surface area contributed by atoms with Crippen LogP contribution < -0.4 is 11.1 Å². The van der Waals surface area contributed by atoms with Crippen LogP contribution in [-0.4, -0.2) is 14.1 Å². The Morgan fingerprint density at radius 3 is 1.87 bits per heavy atom. The molecule has 0 amide bonds. The third-order valence-corrected chi connectivity index (χ3v) is 5.74. The molecule has 5 heteroatoms. The van der Waals surface area contributed by atoms with Gasteiger partial charge in [-0.2, -0.15) is 0 Å². The highest BCUT2D eigenvalue weighted by atomic mass is 16.1. The monoisotopic (exact) mass is 407 g/mol. The number of hydrogen-bond acceptors (Lipinski definition) is 3. The summed E-state index contributed by atoms with van der Waals surface area (Å²) in [5.74, 6) is 0. The van der Waals surface area contributed by atoms with E-state index in [9.17, 15) is 9.59 Å². The van der Waals surface area contributed by atoms with E-state index in [0.29, 0.717) is 21.8 Å². The standard InChI is InChI=1S/C26H21N3O2/c1-16-8-9-18(3)24(14-16)29-13-11-22-20(26(29)31)15-19-21(27-22)10-12-28(25(19)30)23-7-5-4-6-17(23)2/h4-15H,1-3H3. The van der Waals surface area contributed by atoms with Crippen LogP contribution in [0.15, 0.2) is 82.6 Å². The summed E-state index contributed by atoms with van der Waals surface area (Å²) in [4.78, 5) is 31.3. The quantitative estimate of drug-likeness (QED) is 0.402. The molecular formula is C26H21N3O2. The topological polar surface area (TPSA) is 56.9 Å². The van der Waals surface area contributed by atoms with Crippen molar-refractivity contribution in [3.63, 3.8) is 0 Å². The van der Waals surface area contributed by atoms with Gasteiger partial charge < -0.3 is 0 Å². The van der Waals surface area contributed by atoms with Crippen molar-refractivity contribution in [3.8, 4) is 11.4 Å². The highest BCUT2D eigenvalue weighted by Crippen LogP contribution is 2.19. The van der Waals surface area contributed by atoms with Crippen LogP contribution in [0.3, 0.4) is 0 Å². The molecule has 0 aliphatic heterocycles. The molecular weight excluding hydrogens is 386 g/mol. The molecule has 0 spiro atoms. The van der Waals surface area contributed by atoms with Gasteiger partial charge in [0.2, 0.25) is 0 Å².